The van der Waals surface area contributed by atoms with Crippen LogP contribution in [0.2, 0.25) is 0 Å². The standard InChI is InChI=1S/C24H27N3O2/c1-27(18-20-7-3-2-4-8-20)16-6-15-26-24(28)22-10-12-23(13-11-22)29-19-21-9-5-14-25-17-21/h2-5,7-14,17H,6,15-16,18-19H2,1H3,(H,26,28). The Morgan fingerprint density at radius 3 is 2.48 bits per heavy atom. The molecule has 150 valence electrons. The van der Waals surface area contributed by atoms with E-state index >= 15 is 0 Å². The van der Waals surface area contributed by atoms with Gasteiger partial charge in [-0.2, -0.15) is 0 Å². The molecule has 0 aliphatic heterocycles. The third-order valence-corrected chi connectivity index (χ3v) is 4.54. The van der Waals surface area contributed by atoms with E-state index in [4.69, 9.17) is 4.74 Å². The molecule has 0 unspecified atom stereocenters. The second kappa shape index (κ2) is 11.0. The minimum absolute atomic E-state index is 0.0606. The number of ether oxygens (including phenoxy) is 1. The highest BCUT2D eigenvalue weighted by atomic mass is 16.5. The first-order valence-electron chi connectivity index (χ1n) is 9.83. The highest BCUT2D eigenvalue weighted by molar-refractivity contribution is 5.94. The summed E-state index contributed by atoms with van der Waals surface area (Å²) in [6.07, 6.45) is 4.42. The average Bonchev–Trinajstić information content (AvgIpc) is 2.77. The smallest absolute Gasteiger partial charge is 0.251 e. The average molecular weight is 389 g/mol. The molecule has 1 heterocycles. The maximum atomic E-state index is 12.3. The lowest BCUT2D eigenvalue weighted by atomic mass is 10.2. The number of nitrogens with zero attached hydrogens (tertiary/aromatic N) is 2. The minimum Gasteiger partial charge on any atom is -0.489 e. The molecule has 1 N–H and O–H groups in total. The fourth-order valence-electron chi connectivity index (χ4n) is 2.98. The number of rotatable bonds is 10. The highest BCUT2D eigenvalue weighted by Gasteiger charge is 2.06. The van der Waals surface area contributed by atoms with E-state index < -0.39 is 0 Å². The zero-order valence-electron chi connectivity index (χ0n) is 16.8. The number of aromatic nitrogens is 1. The molecule has 0 fully saturated rings. The maximum Gasteiger partial charge on any atom is 0.251 e. The first-order valence-corrected chi connectivity index (χ1v) is 9.83. The van der Waals surface area contributed by atoms with Crippen molar-refractivity contribution in [1.29, 1.82) is 0 Å². The molecule has 0 radical (unpaired) electrons. The van der Waals surface area contributed by atoms with Gasteiger partial charge in [-0.1, -0.05) is 36.4 Å². The summed E-state index contributed by atoms with van der Waals surface area (Å²) in [6.45, 7) is 2.94. The van der Waals surface area contributed by atoms with E-state index in [1.165, 1.54) is 5.56 Å². The summed E-state index contributed by atoms with van der Waals surface area (Å²) in [5, 5.41) is 2.98. The van der Waals surface area contributed by atoms with E-state index in [0.717, 1.165) is 30.8 Å². The second-order valence-electron chi connectivity index (χ2n) is 7.01. The Bertz CT molecular complexity index is 868. The molecule has 0 saturated heterocycles. The van der Waals surface area contributed by atoms with Crippen molar-refractivity contribution in [3.63, 3.8) is 0 Å². The lowest BCUT2D eigenvalue weighted by Crippen LogP contribution is -2.28. The number of amides is 1. The van der Waals surface area contributed by atoms with Crippen LogP contribution in [0.1, 0.15) is 27.9 Å². The van der Waals surface area contributed by atoms with Gasteiger partial charge in [-0.05, 0) is 55.9 Å². The normalized spacial score (nSPS) is 10.7. The molecule has 0 bridgehead atoms. The molecule has 2 aromatic carbocycles. The Morgan fingerprint density at radius 1 is 1.00 bits per heavy atom. The van der Waals surface area contributed by atoms with Crippen molar-refractivity contribution >= 4 is 5.91 Å². The number of carbonyl (C=O) groups is 1. The van der Waals surface area contributed by atoms with Crippen LogP contribution in [0.4, 0.5) is 0 Å². The predicted octanol–water partition coefficient (Wildman–Crippen LogP) is 3.91. The van der Waals surface area contributed by atoms with E-state index in [1.807, 2.05) is 30.3 Å². The number of hydrogen-bond donors (Lipinski definition) is 1. The van der Waals surface area contributed by atoms with Crippen molar-refractivity contribution in [2.45, 2.75) is 19.6 Å². The number of pyridine rings is 1. The molecule has 0 aliphatic rings. The van der Waals surface area contributed by atoms with Gasteiger partial charge in [0.05, 0.1) is 0 Å². The van der Waals surface area contributed by atoms with Crippen molar-refractivity contribution < 1.29 is 9.53 Å². The molecule has 5 nitrogen and oxygen atoms in total. The van der Waals surface area contributed by atoms with Gasteiger partial charge in [0.2, 0.25) is 0 Å². The van der Waals surface area contributed by atoms with Gasteiger partial charge < -0.3 is 15.0 Å². The molecular weight excluding hydrogens is 362 g/mol. The van der Waals surface area contributed by atoms with E-state index in [2.05, 4.69) is 46.5 Å². The molecule has 29 heavy (non-hydrogen) atoms. The quantitative estimate of drug-likeness (QED) is 0.534. The van der Waals surface area contributed by atoms with Crippen molar-refractivity contribution in [1.82, 2.24) is 15.2 Å². The van der Waals surface area contributed by atoms with Gasteiger partial charge in [-0.3, -0.25) is 9.78 Å². The molecule has 0 spiro atoms. The van der Waals surface area contributed by atoms with Gasteiger partial charge in [0.15, 0.2) is 0 Å². The molecule has 5 heteroatoms. The van der Waals surface area contributed by atoms with Crippen LogP contribution in [0.25, 0.3) is 0 Å². The minimum atomic E-state index is -0.0606. The summed E-state index contributed by atoms with van der Waals surface area (Å²) in [6, 6.07) is 21.4. The van der Waals surface area contributed by atoms with Crippen LogP contribution in [-0.4, -0.2) is 35.9 Å². The zero-order valence-corrected chi connectivity index (χ0v) is 16.8. The van der Waals surface area contributed by atoms with E-state index in [0.29, 0.717) is 18.7 Å². The summed E-state index contributed by atoms with van der Waals surface area (Å²) >= 11 is 0. The largest absolute Gasteiger partial charge is 0.489 e. The van der Waals surface area contributed by atoms with Crippen molar-refractivity contribution in [2.24, 2.45) is 0 Å². The van der Waals surface area contributed by atoms with Crippen LogP contribution < -0.4 is 10.1 Å². The van der Waals surface area contributed by atoms with Gasteiger partial charge in [-0.15, -0.1) is 0 Å². The Kier molecular flexibility index (Phi) is 7.78. The number of nitrogens with one attached hydrogen (secondary N) is 1. The first kappa shape index (κ1) is 20.6. The molecular formula is C24H27N3O2. The molecule has 0 saturated carbocycles. The lowest BCUT2D eigenvalue weighted by molar-refractivity contribution is 0.0952. The number of hydrogen-bond acceptors (Lipinski definition) is 4. The van der Waals surface area contributed by atoms with Crippen molar-refractivity contribution in [3.8, 4) is 5.75 Å². The molecule has 0 atom stereocenters. The Morgan fingerprint density at radius 2 is 1.76 bits per heavy atom. The third kappa shape index (κ3) is 7.05. The van der Waals surface area contributed by atoms with Crippen LogP contribution in [0.15, 0.2) is 79.1 Å². The summed E-state index contributed by atoms with van der Waals surface area (Å²) in [7, 11) is 2.10. The van der Waals surface area contributed by atoms with Gasteiger partial charge >= 0.3 is 0 Å². The molecule has 0 aliphatic carbocycles. The van der Waals surface area contributed by atoms with E-state index in [-0.39, 0.29) is 5.91 Å². The SMILES string of the molecule is CN(CCCNC(=O)c1ccc(OCc2cccnc2)cc1)Cc1ccccc1. The number of carbonyl (C=O) groups excluding carboxylic acids is 1. The van der Waals surface area contributed by atoms with Crippen LogP contribution in [-0.2, 0) is 13.2 Å². The van der Waals surface area contributed by atoms with Crippen LogP contribution in [0.5, 0.6) is 5.75 Å². The monoisotopic (exact) mass is 389 g/mol. The van der Waals surface area contributed by atoms with Crippen molar-refractivity contribution in [3.05, 3.63) is 95.8 Å². The van der Waals surface area contributed by atoms with Gasteiger partial charge in [0.25, 0.3) is 5.91 Å². The molecule has 3 rings (SSSR count). The lowest BCUT2D eigenvalue weighted by Gasteiger charge is -2.16. The summed E-state index contributed by atoms with van der Waals surface area (Å²) in [5.41, 5.74) is 2.94. The maximum absolute atomic E-state index is 12.3. The Balaban J connectivity index is 1.36. The van der Waals surface area contributed by atoms with Crippen LogP contribution in [0, 0.1) is 0 Å². The zero-order chi connectivity index (χ0) is 20.3. The van der Waals surface area contributed by atoms with Gasteiger partial charge in [0.1, 0.15) is 12.4 Å². The van der Waals surface area contributed by atoms with E-state index in [9.17, 15) is 4.79 Å². The molecule has 3 aromatic rings. The molecule has 1 aromatic heterocycles. The summed E-state index contributed by atoms with van der Waals surface area (Å²) < 4.78 is 5.72. The fourth-order valence-corrected chi connectivity index (χ4v) is 2.98. The fraction of sp³-hybridized carbons (Fsp3) is 0.250. The molecule has 1 amide bonds. The second-order valence-corrected chi connectivity index (χ2v) is 7.01. The predicted molar refractivity (Wildman–Crippen MR) is 115 cm³/mol. The summed E-state index contributed by atoms with van der Waals surface area (Å²) in [5.74, 6) is 0.669. The number of benzene rings is 2. The summed E-state index contributed by atoms with van der Waals surface area (Å²) in [4.78, 5) is 18.6. The van der Waals surface area contributed by atoms with Crippen LogP contribution in [0.3, 0.4) is 0 Å². The highest BCUT2D eigenvalue weighted by Crippen LogP contribution is 2.14. The third-order valence-electron chi connectivity index (χ3n) is 4.54. The Labute approximate surface area is 172 Å². The Hall–Kier alpha value is -3.18. The van der Waals surface area contributed by atoms with Gasteiger partial charge in [-0.25, -0.2) is 0 Å². The van der Waals surface area contributed by atoms with E-state index in [1.54, 1.807) is 24.5 Å². The first-order chi connectivity index (χ1) is 14.2. The van der Waals surface area contributed by atoms with Gasteiger partial charge in [0, 0.05) is 36.6 Å². The van der Waals surface area contributed by atoms with Crippen molar-refractivity contribution in [2.75, 3.05) is 20.1 Å². The topological polar surface area (TPSA) is 54.5 Å². The van der Waals surface area contributed by atoms with Crippen LogP contribution >= 0.6 is 0 Å².